The number of hydrogen-bond donors (Lipinski definition) is 2. The van der Waals surface area contributed by atoms with Crippen molar-refractivity contribution in [3.63, 3.8) is 0 Å². The van der Waals surface area contributed by atoms with Crippen molar-refractivity contribution in [3.8, 4) is 11.5 Å². The summed E-state index contributed by atoms with van der Waals surface area (Å²) in [5, 5.41) is 11.9. The lowest BCUT2D eigenvalue weighted by molar-refractivity contribution is 0.166. The molecule has 132 valence electrons. The van der Waals surface area contributed by atoms with Gasteiger partial charge >= 0.3 is 8.32 Å². The Morgan fingerprint density at radius 1 is 0.880 bits per heavy atom. The largest absolute Gasteiger partial charge is 0.415 e. The number of aliphatic hydroxyl groups is 1. The number of rotatable bonds is 8. The average Bonchev–Trinajstić information content (AvgIpc) is 2.66. The van der Waals surface area contributed by atoms with Crippen LogP contribution < -0.4 is 10.4 Å². The SMILES string of the molecule is CCCCCCC(O)CC#C[Si](O)(c1ccccc1)c1ccccc1. The van der Waals surface area contributed by atoms with E-state index in [1.807, 2.05) is 60.7 Å². The van der Waals surface area contributed by atoms with Gasteiger partial charge in [0.15, 0.2) is 0 Å². The molecule has 0 saturated carbocycles. The zero-order chi connectivity index (χ0) is 18.0. The Morgan fingerprint density at radius 2 is 1.44 bits per heavy atom. The van der Waals surface area contributed by atoms with Gasteiger partial charge < -0.3 is 9.90 Å². The Labute approximate surface area is 152 Å². The topological polar surface area (TPSA) is 40.5 Å². The minimum absolute atomic E-state index is 0.408. The first kappa shape index (κ1) is 19.5. The molecule has 0 radical (unpaired) electrons. The molecule has 2 N–H and O–H groups in total. The first-order valence-electron chi connectivity index (χ1n) is 9.18. The highest BCUT2D eigenvalue weighted by Gasteiger charge is 2.34. The van der Waals surface area contributed by atoms with E-state index in [2.05, 4.69) is 18.4 Å². The van der Waals surface area contributed by atoms with Crippen LogP contribution in [0.2, 0.25) is 0 Å². The summed E-state index contributed by atoms with van der Waals surface area (Å²) in [5.41, 5.74) is 3.15. The molecule has 0 aliphatic carbocycles. The molecule has 2 rings (SSSR count). The minimum atomic E-state index is -3.08. The van der Waals surface area contributed by atoms with Crippen LogP contribution in [0.3, 0.4) is 0 Å². The van der Waals surface area contributed by atoms with Gasteiger partial charge in [-0.05, 0) is 16.8 Å². The van der Waals surface area contributed by atoms with Gasteiger partial charge in [-0.1, -0.05) is 98.8 Å². The van der Waals surface area contributed by atoms with Gasteiger partial charge in [-0.15, -0.1) is 5.92 Å². The normalized spacial score (nSPS) is 12.3. The molecule has 1 atom stereocenters. The number of aliphatic hydroxyl groups excluding tert-OH is 1. The van der Waals surface area contributed by atoms with Crippen molar-refractivity contribution in [1.82, 2.24) is 0 Å². The summed E-state index contributed by atoms with van der Waals surface area (Å²) in [4.78, 5) is 11.4. The van der Waals surface area contributed by atoms with Crippen molar-refractivity contribution in [2.24, 2.45) is 0 Å². The van der Waals surface area contributed by atoms with Gasteiger partial charge in [0.05, 0.1) is 6.10 Å². The minimum Gasteiger partial charge on any atom is -0.415 e. The summed E-state index contributed by atoms with van der Waals surface area (Å²) < 4.78 is 0. The van der Waals surface area contributed by atoms with Gasteiger partial charge in [0.1, 0.15) is 0 Å². The lowest BCUT2D eigenvalue weighted by Gasteiger charge is -2.20. The first-order valence-corrected chi connectivity index (χ1v) is 11.1. The zero-order valence-electron chi connectivity index (χ0n) is 15.0. The molecular weight excluding hydrogens is 324 g/mol. The van der Waals surface area contributed by atoms with Crippen molar-refractivity contribution in [3.05, 3.63) is 60.7 Å². The Morgan fingerprint density at radius 3 is 1.96 bits per heavy atom. The van der Waals surface area contributed by atoms with Crippen molar-refractivity contribution in [1.29, 1.82) is 0 Å². The van der Waals surface area contributed by atoms with E-state index in [0.717, 1.165) is 29.6 Å². The fraction of sp³-hybridized carbons (Fsp3) is 0.364. The fourth-order valence-corrected chi connectivity index (χ4v) is 5.20. The second kappa shape index (κ2) is 10.2. The Hall–Kier alpha value is -1.86. The lowest BCUT2D eigenvalue weighted by Crippen LogP contribution is -2.58. The van der Waals surface area contributed by atoms with Gasteiger partial charge in [0.25, 0.3) is 0 Å². The van der Waals surface area contributed by atoms with E-state index < -0.39 is 14.4 Å². The third-order valence-electron chi connectivity index (χ3n) is 4.38. The van der Waals surface area contributed by atoms with Crippen LogP contribution in [0.5, 0.6) is 0 Å². The highest BCUT2D eigenvalue weighted by molar-refractivity contribution is 7.02. The highest BCUT2D eigenvalue weighted by atomic mass is 28.4. The summed E-state index contributed by atoms with van der Waals surface area (Å²) in [6, 6.07) is 19.4. The van der Waals surface area contributed by atoms with Crippen molar-refractivity contribution in [2.45, 2.75) is 51.6 Å². The molecule has 0 aliphatic heterocycles. The quantitative estimate of drug-likeness (QED) is 0.436. The van der Waals surface area contributed by atoms with Crippen LogP contribution >= 0.6 is 0 Å². The summed E-state index contributed by atoms with van der Waals surface area (Å²) in [7, 11) is -3.08. The van der Waals surface area contributed by atoms with E-state index in [-0.39, 0.29) is 0 Å². The molecule has 1 unspecified atom stereocenters. The second-order valence-corrected chi connectivity index (χ2v) is 9.28. The maximum Gasteiger partial charge on any atom is 0.334 e. The molecule has 0 saturated heterocycles. The van der Waals surface area contributed by atoms with Crippen LogP contribution in [0.15, 0.2) is 60.7 Å². The first-order chi connectivity index (χ1) is 12.2. The summed E-state index contributed by atoms with van der Waals surface area (Å²) >= 11 is 0. The van der Waals surface area contributed by atoms with E-state index in [1.165, 1.54) is 12.8 Å². The molecule has 0 fully saturated rings. The molecule has 2 aromatic carbocycles. The van der Waals surface area contributed by atoms with E-state index in [0.29, 0.717) is 6.42 Å². The molecule has 0 heterocycles. The van der Waals surface area contributed by atoms with Gasteiger partial charge in [-0.3, -0.25) is 0 Å². The van der Waals surface area contributed by atoms with Crippen LogP contribution in [0.1, 0.15) is 45.4 Å². The maximum absolute atomic E-state index is 11.4. The fourth-order valence-electron chi connectivity index (χ4n) is 2.88. The molecule has 0 aromatic heterocycles. The van der Waals surface area contributed by atoms with Crippen LogP contribution in [0, 0.1) is 11.5 Å². The molecule has 0 amide bonds. The Bertz CT molecular complexity index is 634. The van der Waals surface area contributed by atoms with Crippen LogP contribution in [0.25, 0.3) is 0 Å². The van der Waals surface area contributed by atoms with Gasteiger partial charge in [0, 0.05) is 6.42 Å². The number of hydrogen-bond acceptors (Lipinski definition) is 2. The zero-order valence-corrected chi connectivity index (χ0v) is 16.0. The predicted molar refractivity (Wildman–Crippen MR) is 107 cm³/mol. The monoisotopic (exact) mass is 352 g/mol. The maximum atomic E-state index is 11.4. The van der Waals surface area contributed by atoms with Gasteiger partial charge in [-0.2, -0.15) is 0 Å². The second-order valence-electron chi connectivity index (χ2n) is 6.45. The average molecular weight is 353 g/mol. The van der Waals surface area contributed by atoms with Gasteiger partial charge in [0.2, 0.25) is 0 Å². The van der Waals surface area contributed by atoms with E-state index in [1.54, 1.807) is 0 Å². The number of benzene rings is 2. The van der Waals surface area contributed by atoms with Crippen molar-refractivity contribution >= 4 is 18.7 Å². The smallest absolute Gasteiger partial charge is 0.334 e. The third-order valence-corrected chi connectivity index (χ3v) is 7.26. The Balaban J connectivity index is 2.11. The van der Waals surface area contributed by atoms with E-state index >= 15 is 0 Å². The summed E-state index contributed by atoms with van der Waals surface area (Å²) in [6.45, 7) is 2.18. The van der Waals surface area contributed by atoms with Crippen molar-refractivity contribution < 1.29 is 9.90 Å². The molecule has 2 nitrogen and oxygen atoms in total. The van der Waals surface area contributed by atoms with E-state index in [9.17, 15) is 9.90 Å². The molecular formula is C22H28O2Si. The summed E-state index contributed by atoms with van der Waals surface area (Å²) in [5.74, 6) is 3.08. The van der Waals surface area contributed by atoms with Crippen molar-refractivity contribution in [2.75, 3.05) is 0 Å². The Kier molecular flexibility index (Phi) is 7.94. The molecule has 3 heteroatoms. The molecule has 25 heavy (non-hydrogen) atoms. The third kappa shape index (κ3) is 5.86. The summed E-state index contributed by atoms with van der Waals surface area (Å²) in [6.07, 6.45) is 5.40. The predicted octanol–water partition coefficient (Wildman–Crippen LogP) is 3.00. The number of unbranched alkanes of at least 4 members (excludes halogenated alkanes) is 3. The van der Waals surface area contributed by atoms with Crippen LogP contribution in [0.4, 0.5) is 0 Å². The molecule has 0 spiro atoms. The van der Waals surface area contributed by atoms with E-state index in [4.69, 9.17) is 0 Å². The molecule has 0 aliphatic rings. The molecule has 0 bridgehead atoms. The van der Waals surface area contributed by atoms with Crippen LogP contribution in [-0.4, -0.2) is 24.3 Å². The van der Waals surface area contributed by atoms with Crippen LogP contribution in [-0.2, 0) is 0 Å². The molecule has 2 aromatic rings. The highest BCUT2D eigenvalue weighted by Crippen LogP contribution is 2.08. The standard InChI is InChI=1S/C22H28O2Si/c1-2-3-4-7-13-20(23)14-12-19-25(24,21-15-8-5-9-16-21)22-17-10-6-11-18-22/h5-6,8-11,15-18,20,23-24H,2-4,7,13-14H2,1H3. The van der Waals surface area contributed by atoms with Gasteiger partial charge in [-0.25, -0.2) is 0 Å². The lowest BCUT2D eigenvalue weighted by atomic mass is 10.1.